The first-order valence-electron chi connectivity index (χ1n) is 6.09. The van der Waals surface area contributed by atoms with Gasteiger partial charge in [-0.1, -0.05) is 53.8 Å². The molecule has 0 N–H and O–H groups in total. The summed E-state index contributed by atoms with van der Waals surface area (Å²) >= 11 is 0. The molecule has 1 atom stereocenters. The first-order valence-corrected chi connectivity index (χ1v) is 9.00. The van der Waals surface area contributed by atoms with Gasteiger partial charge in [-0.3, -0.25) is 0 Å². The molecule has 0 saturated carbocycles. The number of benzene rings is 1. The zero-order valence-electron chi connectivity index (χ0n) is 10.9. The number of allylic oxidation sites excluding steroid dienone is 2. The van der Waals surface area contributed by atoms with E-state index < -0.39 is 8.32 Å². The smallest absolute Gasteiger partial charge is 0.215 e. The van der Waals surface area contributed by atoms with Crippen molar-refractivity contribution in [1.82, 2.24) is 0 Å². The molecule has 1 nitrogen and oxygen atoms in total. The molecule has 0 bridgehead atoms. The van der Waals surface area contributed by atoms with Crippen LogP contribution in [0.25, 0.3) is 0 Å². The predicted molar refractivity (Wildman–Crippen MR) is 75.4 cm³/mol. The summed E-state index contributed by atoms with van der Waals surface area (Å²) in [6.45, 7) is 10.4. The fourth-order valence-corrected chi connectivity index (χ4v) is 4.57. The van der Waals surface area contributed by atoms with Gasteiger partial charge in [0.25, 0.3) is 0 Å². The van der Waals surface area contributed by atoms with Gasteiger partial charge in [0, 0.05) is 0 Å². The van der Waals surface area contributed by atoms with Crippen LogP contribution in [0.3, 0.4) is 0 Å². The maximum absolute atomic E-state index is 6.26. The average Bonchev–Trinajstić information content (AvgIpc) is 2.56. The lowest BCUT2D eigenvalue weighted by molar-refractivity contribution is 0.230. The van der Waals surface area contributed by atoms with Crippen molar-refractivity contribution in [2.45, 2.75) is 32.5 Å². The highest BCUT2D eigenvalue weighted by Crippen LogP contribution is 2.40. The summed E-state index contributed by atoms with van der Waals surface area (Å²) in [5.41, 5.74) is 2.59. The third-order valence-corrected chi connectivity index (χ3v) is 6.17. The second kappa shape index (κ2) is 4.63. The van der Waals surface area contributed by atoms with E-state index in [-0.39, 0.29) is 6.10 Å². The molecule has 1 aromatic rings. The Balaban J connectivity index is 2.24. The third kappa shape index (κ3) is 2.59. The Kier molecular flexibility index (Phi) is 3.36. The van der Waals surface area contributed by atoms with Gasteiger partial charge in [-0.2, -0.15) is 0 Å². The molecule has 2 heteroatoms. The lowest BCUT2D eigenvalue weighted by atomic mass is 10.0. The maximum Gasteiger partial charge on any atom is 0.215 e. The molecule has 0 aliphatic carbocycles. The van der Waals surface area contributed by atoms with E-state index in [9.17, 15) is 0 Å². The Morgan fingerprint density at radius 1 is 1.29 bits per heavy atom. The molecule has 1 heterocycles. The highest BCUT2D eigenvalue weighted by Gasteiger charge is 2.39. The molecule has 1 unspecified atom stereocenters. The summed E-state index contributed by atoms with van der Waals surface area (Å²) in [5, 5.41) is 1.46. The van der Waals surface area contributed by atoms with Gasteiger partial charge in [0.1, 0.15) is 0 Å². The Bertz CT molecular complexity index is 442. The molecule has 0 radical (unpaired) electrons. The summed E-state index contributed by atoms with van der Waals surface area (Å²) in [7, 11) is -1.66. The van der Waals surface area contributed by atoms with Gasteiger partial charge in [-0.05, 0) is 32.0 Å². The van der Waals surface area contributed by atoms with Crippen molar-refractivity contribution in [3.63, 3.8) is 0 Å². The second-order valence-corrected chi connectivity index (χ2v) is 9.06. The Labute approximate surface area is 105 Å². The van der Waals surface area contributed by atoms with Crippen LogP contribution in [0.2, 0.25) is 13.1 Å². The van der Waals surface area contributed by atoms with Crippen molar-refractivity contribution in [3.05, 3.63) is 59.3 Å². The minimum Gasteiger partial charge on any atom is -0.406 e. The van der Waals surface area contributed by atoms with Gasteiger partial charge < -0.3 is 4.43 Å². The second-order valence-electron chi connectivity index (χ2n) is 5.16. The lowest BCUT2D eigenvalue weighted by Gasteiger charge is -2.18. The largest absolute Gasteiger partial charge is 0.406 e. The molecule has 1 saturated heterocycles. The van der Waals surface area contributed by atoms with Gasteiger partial charge >= 0.3 is 0 Å². The fraction of sp³-hybridized carbons (Fsp3) is 0.333. The lowest BCUT2D eigenvalue weighted by Crippen LogP contribution is -2.27. The number of aryl methyl sites for hydroxylation is 1. The van der Waals surface area contributed by atoms with E-state index in [1.807, 2.05) is 6.08 Å². The Morgan fingerprint density at radius 2 is 1.94 bits per heavy atom. The van der Waals surface area contributed by atoms with Gasteiger partial charge in [0.2, 0.25) is 8.32 Å². The van der Waals surface area contributed by atoms with Crippen LogP contribution < -0.4 is 0 Å². The zero-order valence-corrected chi connectivity index (χ0v) is 11.9. The molecule has 1 aliphatic rings. The molecule has 2 rings (SSSR count). The van der Waals surface area contributed by atoms with Gasteiger partial charge in [-0.15, -0.1) is 0 Å². The first-order chi connectivity index (χ1) is 8.03. The summed E-state index contributed by atoms with van der Waals surface area (Å²) in [6.07, 6.45) is 5.28. The summed E-state index contributed by atoms with van der Waals surface area (Å²) < 4.78 is 6.26. The van der Waals surface area contributed by atoms with Crippen LogP contribution in [0.5, 0.6) is 0 Å². The zero-order chi connectivity index (χ0) is 12.5. The quantitative estimate of drug-likeness (QED) is 0.704. The molecule has 1 aromatic carbocycles. The SMILES string of the molecule is C=C/C=C1/CC(c2ccc(C)cc2)O[Si]1(C)C. The minimum atomic E-state index is -1.66. The van der Waals surface area contributed by atoms with Crippen molar-refractivity contribution in [1.29, 1.82) is 0 Å². The van der Waals surface area contributed by atoms with Gasteiger partial charge in [-0.25, -0.2) is 0 Å². The molecule has 17 heavy (non-hydrogen) atoms. The maximum atomic E-state index is 6.26. The molecule has 0 amide bonds. The Morgan fingerprint density at radius 3 is 2.53 bits per heavy atom. The van der Waals surface area contributed by atoms with E-state index >= 15 is 0 Å². The van der Waals surface area contributed by atoms with E-state index in [0.29, 0.717) is 0 Å². The molecule has 1 aliphatic heterocycles. The molecule has 0 spiro atoms. The topological polar surface area (TPSA) is 9.23 Å². The molecule has 0 aromatic heterocycles. The van der Waals surface area contributed by atoms with Crippen LogP contribution in [0.4, 0.5) is 0 Å². The van der Waals surface area contributed by atoms with Crippen molar-refractivity contribution in [3.8, 4) is 0 Å². The van der Waals surface area contributed by atoms with Crippen LogP contribution in [0.15, 0.2) is 48.2 Å². The standard InChI is InChI=1S/C15H20OSi/c1-5-6-14-11-15(16-17(14,3)4)13-9-7-12(2)8-10-13/h5-10,15H,1,11H2,2-4H3/b14-6-. The van der Waals surface area contributed by atoms with Crippen molar-refractivity contribution in [2.75, 3.05) is 0 Å². The van der Waals surface area contributed by atoms with Crippen LogP contribution in [-0.4, -0.2) is 8.32 Å². The van der Waals surface area contributed by atoms with E-state index in [0.717, 1.165) is 6.42 Å². The predicted octanol–water partition coefficient (Wildman–Crippen LogP) is 4.31. The van der Waals surface area contributed by atoms with E-state index in [1.54, 1.807) is 0 Å². The van der Waals surface area contributed by atoms with E-state index in [4.69, 9.17) is 4.43 Å². The normalized spacial score (nSPS) is 25.1. The van der Waals surface area contributed by atoms with E-state index in [2.05, 4.69) is 56.9 Å². The fourth-order valence-electron chi connectivity index (χ4n) is 2.30. The molecular formula is C15H20OSi. The molecule has 90 valence electrons. The highest BCUT2D eigenvalue weighted by atomic mass is 28.4. The Hall–Kier alpha value is -1.12. The molecular weight excluding hydrogens is 224 g/mol. The molecule has 1 fully saturated rings. The first kappa shape index (κ1) is 12.3. The third-order valence-electron chi connectivity index (χ3n) is 3.38. The van der Waals surface area contributed by atoms with Crippen LogP contribution in [0.1, 0.15) is 23.7 Å². The summed E-state index contributed by atoms with van der Waals surface area (Å²) in [4.78, 5) is 0. The van der Waals surface area contributed by atoms with E-state index in [1.165, 1.54) is 16.3 Å². The van der Waals surface area contributed by atoms with Gasteiger partial charge in [0.05, 0.1) is 6.10 Å². The van der Waals surface area contributed by atoms with Crippen molar-refractivity contribution < 1.29 is 4.43 Å². The monoisotopic (exact) mass is 244 g/mol. The summed E-state index contributed by atoms with van der Waals surface area (Å²) in [5.74, 6) is 0. The summed E-state index contributed by atoms with van der Waals surface area (Å²) in [6, 6.07) is 8.67. The van der Waals surface area contributed by atoms with Crippen molar-refractivity contribution >= 4 is 8.32 Å². The number of hydrogen-bond acceptors (Lipinski definition) is 1. The van der Waals surface area contributed by atoms with Gasteiger partial charge in [0.15, 0.2) is 0 Å². The number of rotatable bonds is 2. The van der Waals surface area contributed by atoms with Crippen LogP contribution in [0, 0.1) is 6.92 Å². The highest BCUT2D eigenvalue weighted by molar-refractivity contribution is 6.79. The van der Waals surface area contributed by atoms with Crippen LogP contribution in [-0.2, 0) is 4.43 Å². The van der Waals surface area contributed by atoms with Crippen LogP contribution >= 0.6 is 0 Å². The van der Waals surface area contributed by atoms with Crippen molar-refractivity contribution in [2.24, 2.45) is 0 Å². The average molecular weight is 244 g/mol. The minimum absolute atomic E-state index is 0.239. The number of hydrogen-bond donors (Lipinski definition) is 0.